The largest absolute Gasteiger partial charge is 0.494 e. The highest BCUT2D eigenvalue weighted by Crippen LogP contribution is 2.29. The van der Waals surface area contributed by atoms with E-state index >= 15 is 0 Å². The van der Waals surface area contributed by atoms with Crippen LogP contribution in [0.15, 0.2) is 48.5 Å². The zero-order valence-electron chi connectivity index (χ0n) is 17.5. The Hall–Kier alpha value is -3.30. The van der Waals surface area contributed by atoms with Crippen molar-refractivity contribution in [1.29, 1.82) is 0 Å². The van der Waals surface area contributed by atoms with Gasteiger partial charge < -0.3 is 19.9 Å². The second kappa shape index (κ2) is 9.67. The van der Waals surface area contributed by atoms with Crippen LogP contribution in [0, 0.1) is 12.3 Å². The molecule has 1 saturated heterocycles. The van der Waals surface area contributed by atoms with E-state index in [1.54, 1.807) is 11.0 Å². The summed E-state index contributed by atoms with van der Waals surface area (Å²) in [5.74, 6) is 3.46. The SMILES string of the molecule is C#CCN1C(=O)CCc2cc(C(=O)N3CCNC(CCOc4ccccc4)C3)ccc21. The summed E-state index contributed by atoms with van der Waals surface area (Å²) < 4.78 is 5.80. The first kappa shape index (κ1) is 21.0. The molecule has 2 amide bonds. The van der Waals surface area contributed by atoms with E-state index < -0.39 is 0 Å². The zero-order chi connectivity index (χ0) is 21.6. The molecule has 2 aliphatic heterocycles. The van der Waals surface area contributed by atoms with E-state index in [0.29, 0.717) is 38.1 Å². The van der Waals surface area contributed by atoms with Gasteiger partial charge in [-0.2, -0.15) is 0 Å². The lowest BCUT2D eigenvalue weighted by Gasteiger charge is -2.34. The van der Waals surface area contributed by atoms with Crippen molar-refractivity contribution in [3.05, 3.63) is 59.7 Å². The number of ether oxygens (including phenoxy) is 1. The first-order valence-corrected chi connectivity index (χ1v) is 10.7. The van der Waals surface area contributed by atoms with Gasteiger partial charge in [-0.25, -0.2) is 0 Å². The molecule has 160 valence electrons. The molecule has 31 heavy (non-hydrogen) atoms. The molecule has 0 bridgehead atoms. The van der Waals surface area contributed by atoms with Crippen molar-refractivity contribution < 1.29 is 14.3 Å². The maximum atomic E-state index is 13.2. The van der Waals surface area contributed by atoms with Crippen LogP contribution in [0.4, 0.5) is 5.69 Å². The predicted molar refractivity (Wildman–Crippen MR) is 120 cm³/mol. The number of anilines is 1. The van der Waals surface area contributed by atoms with Gasteiger partial charge in [-0.3, -0.25) is 9.59 Å². The van der Waals surface area contributed by atoms with Crippen molar-refractivity contribution in [3.8, 4) is 18.1 Å². The van der Waals surface area contributed by atoms with Gasteiger partial charge in [0.25, 0.3) is 5.91 Å². The third-order valence-corrected chi connectivity index (χ3v) is 5.80. The molecule has 4 rings (SSSR count). The van der Waals surface area contributed by atoms with Gasteiger partial charge in [0, 0.05) is 43.3 Å². The zero-order valence-corrected chi connectivity index (χ0v) is 17.5. The average Bonchev–Trinajstić information content (AvgIpc) is 2.81. The molecule has 0 aromatic heterocycles. The Morgan fingerprint density at radius 1 is 1.19 bits per heavy atom. The summed E-state index contributed by atoms with van der Waals surface area (Å²) in [4.78, 5) is 28.8. The van der Waals surface area contributed by atoms with Crippen LogP contribution in [-0.4, -0.2) is 55.5 Å². The van der Waals surface area contributed by atoms with Crippen LogP contribution in [0.3, 0.4) is 0 Å². The fourth-order valence-electron chi connectivity index (χ4n) is 4.18. The minimum atomic E-state index is 0.0266. The third kappa shape index (κ3) is 4.89. The van der Waals surface area contributed by atoms with Crippen molar-refractivity contribution in [2.24, 2.45) is 0 Å². The fraction of sp³-hybridized carbons (Fsp3) is 0.360. The van der Waals surface area contributed by atoms with E-state index in [-0.39, 0.29) is 24.4 Å². The summed E-state index contributed by atoms with van der Waals surface area (Å²) in [5, 5.41) is 3.48. The van der Waals surface area contributed by atoms with Crippen LogP contribution in [0.2, 0.25) is 0 Å². The van der Waals surface area contributed by atoms with Gasteiger partial charge in [0.05, 0.1) is 13.2 Å². The van der Waals surface area contributed by atoms with E-state index in [2.05, 4.69) is 11.2 Å². The number of hydrogen-bond donors (Lipinski definition) is 1. The lowest BCUT2D eigenvalue weighted by Crippen LogP contribution is -2.53. The number of fused-ring (bicyclic) bond motifs is 1. The Balaban J connectivity index is 1.37. The molecule has 1 N–H and O–H groups in total. The first-order valence-electron chi connectivity index (χ1n) is 10.7. The summed E-state index contributed by atoms with van der Waals surface area (Å²) >= 11 is 0. The number of terminal acetylenes is 1. The Labute approximate surface area is 183 Å². The Bertz CT molecular complexity index is 983. The number of amides is 2. The van der Waals surface area contributed by atoms with E-state index in [9.17, 15) is 9.59 Å². The highest BCUT2D eigenvalue weighted by atomic mass is 16.5. The quantitative estimate of drug-likeness (QED) is 0.734. The van der Waals surface area contributed by atoms with E-state index in [1.807, 2.05) is 47.4 Å². The minimum Gasteiger partial charge on any atom is -0.494 e. The molecule has 1 unspecified atom stereocenters. The lowest BCUT2D eigenvalue weighted by atomic mass is 9.98. The molecular formula is C25H27N3O3. The second-order valence-corrected chi connectivity index (χ2v) is 7.88. The van der Waals surface area contributed by atoms with Crippen molar-refractivity contribution in [2.45, 2.75) is 25.3 Å². The molecule has 2 aromatic rings. The molecule has 2 heterocycles. The van der Waals surface area contributed by atoms with E-state index in [0.717, 1.165) is 30.0 Å². The third-order valence-electron chi connectivity index (χ3n) is 5.80. The summed E-state index contributed by atoms with van der Waals surface area (Å²) in [6.07, 6.45) is 7.30. The Kier molecular flexibility index (Phi) is 6.54. The van der Waals surface area contributed by atoms with E-state index in [4.69, 9.17) is 11.2 Å². The number of nitrogens with one attached hydrogen (secondary N) is 1. The van der Waals surface area contributed by atoms with Crippen LogP contribution < -0.4 is 15.0 Å². The van der Waals surface area contributed by atoms with Gasteiger partial charge >= 0.3 is 0 Å². The number of nitrogens with zero attached hydrogens (tertiary/aromatic N) is 2. The first-order chi connectivity index (χ1) is 15.2. The van der Waals surface area contributed by atoms with Gasteiger partial charge in [-0.05, 0) is 48.7 Å². The molecule has 1 fully saturated rings. The number of piperazine rings is 1. The summed E-state index contributed by atoms with van der Waals surface area (Å²) in [6, 6.07) is 15.5. The minimum absolute atomic E-state index is 0.0266. The average molecular weight is 418 g/mol. The Morgan fingerprint density at radius 3 is 2.84 bits per heavy atom. The molecule has 0 radical (unpaired) electrons. The molecule has 6 heteroatoms. The normalized spacial score (nSPS) is 18.3. The summed E-state index contributed by atoms with van der Waals surface area (Å²) in [6.45, 7) is 2.94. The van der Waals surface area contributed by atoms with Gasteiger partial charge in [0.15, 0.2) is 0 Å². The van der Waals surface area contributed by atoms with Crippen molar-refractivity contribution >= 4 is 17.5 Å². The lowest BCUT2D eigenvalue weighted by molar-refractivity contribution is -0.118. The highest BCUT2D eigenvalue weighted by molar-refractivity contribution is 5.99. The number of carbonyl (C=O) groups excluding carboxylic acids is 2. The fourth-order valence-corrected chi connectivity index (χ4v) is 4.18. The number of benzene rings is 2. The van der Waals surface area contributed by atoms with Crippen molar-refractivity contribution in [3.63, 3.8) is 0 Å². The molecule has 0 saturated carbocycles. The predicted octanol–water partition coefficient (Wildman–Crippen LogP) is 2.48. The standard InChI is InChI=1S/C25H27N3O3/c1-2-14-28-23-10-8-20(17-19(23)9-11-24(28)29)25(30)27-15-13-26-21(18-27)12-16-31-22-6-4-3-5-7-22/h1,3-8,10,17,21,26H,9,11-16,18H2. The van der Waals surface area contributed by atoms with Crippen molar-refractivity contribution in [2.75, 3.05) is 37.7 Å². The topological polar surface area (TPSA) is 61.9 Å². The molecule has 0 spiro atoms. The summed E-state index contributed by atoms with van der Waals surface area (Å²) in [5.41, 5.74) is 2.49. The van der Waals surface area contributed by atoms with Gasteiger partial charge in [-0.1, -0.05) is 24.1 Å². The number of aryl methyl sites for hydroxylation is 1. The maximum Gasteiger partial charge on any atom is 0.253 e. The maximum absolute atomic E-state index is 13.2. The molecule has 6 nitrogen and oxygen atoms in total. The van der Waals surface area contributed by atoms with Gasteiger partial charge in [0.1, 0.15) is 5.75 Å². The Morgan fingerprint density at radius 2 is 2.03 bits per heavy atom. The molecule has 0 aliphatic carbocycles. The molecule has 2 aliphatic rings. The molecule has 1 atom stereocenters. The smallest absolute Gasteiger partial charge is 0.253 e. The van der Waals surface area contributed by atoms with Crippen LogP contribution in [-0.2, 0) is 11.2 Å². The van der Waals surface area contributed by atoms with Crippen LogP contribution in [0.25, 0.3) is 0 Å². The van der Waals surface area contributed by atoms with Crippen molar-refractivity contribution in [1.82, 2.24) is 10.2 Å². The number of rotatable bonds is 6. The van der Waals surface area contributed by atoms with E-state index in [1.165, 1.54) is 0 Å². The summed E-state index contributed by atoms with van der Waals surface area (Å²) in [7, 11) is 0. The highest BCUT2D eigenvalue weighted by Gasteiger charge is 2.27. The van der Waals surface area contributed by atoms with Gasteiger partial charge in [-0.15, -0.1) is 6.42 Å². The second-order valence-electron chi connectivity index (χ2n) is 7.88. The monoisotopic (exact) mass is 417 g/mol. The molecular weight excluding hydrogens is 390 g/mol. The van der Waals surface area contributed by atoms with Crippen LogP contribution >= 0.6 is 0 Å². The number of carbonyl (C=O) groups is 2. The van der Waals surface area contributed by atoms with Crippen LogP contribution in [0.1, 0.15) is 28.8 Å². The molecule has 2 aromatic carbocycles. The van der Waals surface area contributed by atoms with Gasteiger partial charge in [0.2, 0.25) is 5.91 Å². The number of hydrogen-bond acceptors (Lipinski definition) is 4. The van der Waals surface area contributed by atoms with Crippen LogP contribution in [0.5, 0.6) is 5.75 Å². The number of para-hydroxylation sites is 1.